The highest BCUT2D eigenvalue weighted by Crippen LogP contribution is 2.15. The summed E-state index contributed by atoms with van der Waals surface area (Å²) in [6.07, 6.45) is 3.66. The van der Waals surface area contributed by atoms with Crippen molar-refractivity contribution in [1.82, 2.24) is 20.0 Å². The number of nitrogens with one attached hydrogen (secondary N) is 1. The zero-order valence-electron chi connectivity index (χ0n) is 12.6. The molecule has 1 unspecified atom stereocenters. The second-order valence-electron chi connectivity index (χ2n) is 5.68. The van der Waals surface area contributed by atoms with Crippen LogP contribution >= 0.6 is 0 Å². The van der Waals surface area contributed by atoms with Gasteiger partial charge in [-0.1, -0.05) is 6.42 Å². The number of aromatic nitrogens is 2. The normalized spacial score (nSPS) is 20.1. The number of anilines is 1. The summed E-state index contributed by atoms with van der Waals surface area (Å²) in [7, 11) is 2.12. The van der Waals surface area contributed by atoms with Crippen LogP contribution in [0, 0.1) is 13.8 Å². The van der Waals surface area contributed by atoms with Crippen molar-refractivity contribution in [1.29, 1.82) is 0 Å². The highest BCUT2D eigenvalue weighted by molar-refractivity contribution is 5.76. The van der Waals surface area contributed by atoms with Crippen LogP contribution in [0.15, 0.2) is 0 Å². The minimum Gasteiger partial charge on any atom is -0.396 e. The highest BCUT2D eigenvalue weighted by Gasteiger charge is 2.19. The fraction of sp³-hybridized carbons (Fsp3) is 0.714. The molecule has 1 aromatic rings. The molecule has 0 spiro atoms. The van der Waals surface area contributed by atoms with Gasteiger partial charge in [0.05, 0.1) is 17.1 Å². The lowest BCUT2D eigenvalue weighted by Crippen LogP contribution is -2.45. The van der Waals surface area contributed by atoms with Crippen LogP contribution in [-0.2, 0) is 11.3 Å². The Morgan fingerprint density at radius 2 is 2.20 bits per heavy atom. The summed E-state index contributed by atoms with van der Waals surface area (Å²) in [4.78, 5) is 14.3. The van der Waals surface area contributed by atoms with Gasteiger partial charge in [0.15, 0.2) is 0 Å². The molecule has 0 aliphatic carbocycles. The highest BCUT2D eigenvalue weighted by atomic mass is 16.2. The fourth-order valence-electron chi connectivity index (χ4n) is 2.69. The standard InChI is InChI=1S/C14H25N5O/c1-10-14(15)11(2)19(17-10)9-13(20)16-8-12-6-4-5-7-18(12)3/h12H,4-9,15H2,1-3H3,(H,16,20). The van der Waals surface area contributed by atoms with Crippen LogP contribution in [0.3, 0.4) is 0 Å². The molecule has 1 amide bonds. The average molecular weight is 279 g/mol. The summed E-state index contributed by atoms with van der Waals surface area (Å²) < 4.78 is 1.67. The molecule has 2 rings (SSSR count). The van der Waals surface area contributed by atoms with Gasteiger partial charge >= 0.3 is 0 Å². The van der Waals surface area contributed by atoms with E-state index in [9.17, 15) is 4.79 Å². The summed E-state index contributed by atoms with van der Waals surface area (Å²) in [5.74, 6) is -0.00502. The Balaban J connectivity index is 1.84. The third kappa shape index (κ3) is 3.30. The van der Waals surface area contributed by atoms with Crippen molar-refractivity contribution in [3.8, 4) is 0 Å². The van der Waals surface area contributed by atoms with Crippen molar-refractivity contribution in [2.45, 2.75) is 45.7 Å². The molecule has 112 valence electrons. The van der Waals surface area contributed by atoms with Crippen LogP contribution < -0.4 is 11.1 Å². The largest absolute Gasteiger partial charge is 0.396 e. The average Bonchev–Trinajstić information content (AvgIpc) is 2.65. The number of likely N-dealkylation sites (tertiary alicyclic amines) is 1. The molecule has 20 heavy (non-hydrogen) atoms. The summed E-state index contributed by atoms with van der Waals surface area (Å²) in [5.41, 5.74) is 8.17. The molecule has 1 atom stereocenters. The molecule has 1 aromatic heterocycles. The van der Waals surface area contributed by atoms with Crippen molar-refractivity contribution in [3.63, 3.8) is 0 Å². The Hall–Kier alpha value is -1.56. The van der Waals surface area contributed by atoms with Crippen LogP contribution in [0.25, 0.3) is 0 Å². The first-order chi connectivity index (χ1) is 9.49. The minimum absolute atomic E-state index is 0.00502. The fourth-order valence-corrected chi connectivity index (χ4v) is 2.69. The molecule has 3 N–H and O–H groups in total. The van der Waals surface area contributed by atoms with Crippen molar-refractivity contribution >= 4 is 11.6 Å². The van der Waals surface area contributed by atoms with E-state index in [0.29, 0.717) is 18.3 Å². The summed E-state index contributed by atoms with van der Waals surface area (Å²) in [6.45, 7) is 5.81. The summed E-state index contributed by atoms with van der Waals surface area (Å²) in [6, 6.07) is 0.457. The van der Waals surface area contributed by atoms with E-state index in [4.69, 9.17) is 5.73 Å². The molecule has 0 saturated carbocycles. The zero-order chi connectivity index (χ0) is 14.7. The van der Waals surface area contributed by atoms with Crippen molar-refractivity contribution in [3.05, 3.63) is 11.4 Å². The maximum atomic E-state index is 12.0. The van der Waals surface area contributed by atoms with Gasteiger partial charge in [-0.25, -0.2) is 0 Å². The first kappa shape index (κ1) is 14.8. The van der Waals surface area contributed by atoms with Gasteiger partial charge in [-0.05, 0) is 40.3 Å². The second-order valence-corrected chi connectivity index (χ2v) is 5.68. The minimum atomic E-state index is -0.00502. The number of nitrogen functional groups attached to an aromatic ring is 1. The Labute approximate surface area is 120 Å². The molecule has 1 saturated heterocycles. The molecule has 6 nitrogen and oxygen atoms in total. The predicted molar refractivity (Wildman–Crippen MR) is 79.4 cm³/mol. The first-order valence-corrected chi connectivity index (χ1v) is 7.25. The lowest BCUT2D eigenvalue weighted by atomic mass is 10.0. The van der Waals surface area contributed by atoms with E-state index >= 15 is 0 Å². The third-order valence-corrected chi connectivity index (χ3v) is 4.19. The molecular formula is C14H25N5O. The van der Waals surface area contributed by atoms with Crippen molar-refractivity contribution in [2.24, 2.45) is 0 Å². The van der Waals surface area contributed by atoms with E-state index in [1.807, 2.05) is 13.8 Å². The number of likely N-dealkylation sites (N-methyl/N-ethyl adjacent to an activating group) is 1. The van der Waals surface area contributed by atoms with Gasteiger partial charge in [-0.3, -0.25) is 9.48 Å². The van der Waals surface area contributed by atoms with E-state index in [0.717, 1.165) is 24.4 Å². The number of carbonyl (C=O) groups excluding carboxylic acids is 1. The number of nitrogens with zero attached hydrogens (tertiary/aromatic N) is 3. The number of rotatable bonds is 4. The smallest absolute Gasteiger partial charge is 0.241 e. The molecule has 0 radical (unpaired) electrons. The Morgan fingerprint density at radius 1 is 1.45 bits per heavy atom. The number of hydrogen-bond donors (Lipinski definition) is 2. The van der Waals surface area contributed by atoms with Gasteiger partial charge in [0.2, 0.25) is 5.91 Å². The zero-order valence-corrected chi connectivity index (χ0v) is 12.6. The SMILES string of the molecule is Cc1nn(CC(=O)NCC2CCCCN2C)c(C)c1N. The summed E-state index contributed by atoms with van der Waals surface area (Å²) in [5, 5.41) is 7.28. The van der Waals surface area contributed by atoms with Crippen LogP contribution in [-0.4, -0.2) is 46.8 Å². The maximum absolute atomic E-state index is 12.0. The topological polar surface area (TPSA) is 76.2 Å². The Kier molecular flexibility index (Phi) is 4.65. The van der Waals surface area contributed by atoms with E-state index in [-0.39, 0.29) is 12.5 Å². The molecular weight excluding hydrogens is 254 g/mol. The molecule has 1 fully saturated rings. The number of amides is 1. The number of carbonyl (C=O) groups is 1. The van der Waals surface area contributed by atoms with E-state index < -0.39 is 0 Å². The lowest BCUT2D eigenvalue weighted by Gasteiger charge is -2.32. The first-order valence-electron chi connectivity index (χ1n) is 7.25. The molecule has 1 aliphatic rings. The van der Waals surface area contributed by atoms with Crippen molar-refractivity contribution < 1.29 is 4.79 Å². The van der Waals surface area contributed by atoms with Crippen LogP contribution in [0.4, 0.5) is 5.69 Å². The van der Waals surface area contributed by atoms with Gasteiger partial charge in [-0.2, -0.15) is 5.10 Å². The van der Waals surface area contributed by atoms with Crippen LogP contribution in [0.2, 0.25) is 0 Å². The molecule has 1 aliphatic heterocycles. The molecule has 0 aromatic carbocycles. The molecule has 0 bridgehead atoms. The number of hydrogen-bond acceptors (Lipinski definition) is 4. The number of nitrogens with two attached hydrogens (primary N) is 1. The summed E-state index contributed by atoms with van der Waals surface area (Å²) >= 11 is 0. The van der Waals surface area contributed by atoms with Crippen LogP contribution in [0.1, 0.15) is 30.7 Å². The number of piperidine rings is 1. The van der Waals surface area contributed by atoms with Gasteiger partial charge in [0, 0.05) is 12.6 Å². The van der Waals surface area contributed by atoms with Crippen molar-refractivity contribution in [2.75, 3.05) is 25.9 Å². The number of aryl methyl sites for hydroxylation is 1. The predicted octanol–water partition coefficient (Wildman–Crippen LogP) is 0.683. The third-order valence-electron chi connectivity index (χ3n) is 4.19. The van der Waals surface area contributed by atoms with E-state index in [2.05, 4.69) is 22.4 Å². The molecule has 6 heteroatoms. The van der Waals surface area contributed by atoms with E-state index in [1.54, 1.807) is 4.68 Å². The van der Waals surface area contributed by atoms with Gasteiger partial charge in [-0.15, -0.1) is 0 Å². The lowest BCUT2D eigenvalue weighted by molar-refractivity contribution is -0.122. The monoisotopic (exact) mass is 279 g/mol. The van der Waals surface area contributed by atoms with E-state index in [1.165, 1.54) is 12.8 Å². The Bertz CT molecular complexity index is 482. The Morgan fingerprint density at radius 3 is 2.80 bits per heavy atom. The second kappa shape index (κ2) is 6.26. The van der Waals surface area contributed by atoms with Gasteiger partial charge in [0.25, 0.3) is 0 Å². The van der Waals surface area contributed by atoms with Gasteiger partial charge < -0.3 is 16.0 Å². The maximum Gasteiger partial charge on any atom is 0.241 e. The van der Waals surface area contributed by atoms with Crippen LogP contribution in [0.5, 0.6) is 0 Å². The van der Waals surface area contributed by atoms with Gasteiger partial charge in [0.1, 0.15) is 6.54 Å². The quantitative estimate of drug-likeness (QED) is 0.850. The molecule has 2 heterocycles.